The molecular weight excluding hydrogens is 326 g/mol. The number of carbonyl (C=O) groups excluding carboxylic acids is 1. The third-order valence-electron chi connectivity index (χ3n) is 4.45. The molecule has 0 aliphatic carbocycles. The summed E-state index contributed by atoms with van der Waals surface area (Å²) in [7, 11) is 0. The fourth-order valence-electron chi connectivity index (χ4n) is 3.16. The lowest BCUT2D eigenvalue weighted by Crippen LogP contribution is -1.93. The van der Waals surface area contributed by atoms with Crippen LogP contribution in [0.3, 0.4) is 0 Å². The van der Waals surface area contributed by atoms with Crippen LogP contribution in [0.15, 0.2) is 63.7 Å². The number of fused-ring (bicyclic) bond motifs is 1. The summed E-state index contributed by atoms with van der Waals surface area (Å²) in [6.07, 6.45) is 4.59. The van der Waals surface area contributed by atoms with Gasteiger partial charge in [-0.1, -0.05) is 12.1 Å². The van der Waals surface area contributed by atoms with E-state index in [1.165, 1.54) is 0 Å². The average Bonchev–Trinajstić information content (AvgIpc) is 3.22. The van der Waals surface area contributed by atoms with Crippen LogP contribution >= 0.6 is 0 Å². The Labute approximate surface area is 151 Å². The zero-order chi connectivity index (χ0) is 18.1. The molecule has 4 aromatic rings. The number of carbonyl (C=O) groups is 1. The Balaban J connectivity index is 1.86. The molecule has 0 saturated heterocycles. The molecule has 3 heterocycles. The largest absolute Gasteiger partial charge is 0.461 e. The van der Waals surface area contributed by atoms with Crippen LogP contribution in [0.2, 0.25) is 0 Å². The van der Waals surface area contributed by atoms with E-state index in [0.717, 1.165) is 44.9 Å². The van der Waals surface area contributed by atoms with Crippen molar-refractivity contribution in [2.75, 3.05) is 0 Å². The number of pyridine rings is 1. The van der Waals surface area contributed by atoms with Gasteiger partial charge in [-0.25, -0.2) is 0 Å². The first kappa shape index (κ1) is 16.3. The van der Waals surface area contributed by atoms with E-state index in [-0.39, 0.29) is 5.78 Å². The topological polar surface area (TPSA) is 56.2 Å². The first-order valence-corrected chi connectivity index (χ1v) is 8.64. The third kappa shape index (κ3) is 3.06. The van der Waals surface area contributed by atoms with E-state index >= 15 is 0 Å². The van der Waals surface area contributed by atoms with Gasteiger partial charge in [0.15, 0.2) is 0 Å². The second kappa shape index (κ2) is 6.64. The summed E-state index contributed by atoms with van der Waals surface area (Å²) in [6.45, 7) is 3.52. The van der Waals surface area contributed by atoms with E-state index in [1.54, 1.807) is 13.1 Å². The second-order valence-corrected chi connectivity index (χ2v) is 6.47. The lowest BCUT2D eigenvalue weighted by Gasteiger charge is -2.01. The number of hydrogen-bond acceptors (Lipinski definition) is 4. The average molecular weight is 345 g/mol. The number of aryl methyl sites for hydroxylation is 2. The maximum absolute atomic E-state index is 11.5. The van der Waals surface area contributed by atoms with Crippen LogP contribution in [0.1, 0.15) is 24.9 Å². The molecular formula is C22H19NO3. The molecule has 26 heavy (non-hydrogen) atoms. The molecule has 0 spiro atoms. The number of ketones is 1. The molecule has 0 N–H and O–H groups in total. The van der Waals surface area contributed by atoms with Crippen molar-refractivity contribution < 1.29 is 13.6 Å². The standard InChI is InChI=1S/C22H19NO3/c1-14(24)5-9-20-22(19-10-6-15(2)25-19)18-8-7-16(12-21(18)26-20)17-4-3-11-23-13-17/h3-4,6-8,10-13H,5,9H2,1-2H3. The van der Waals surface area contributed by atoms with E-state index in [2.05, 4.69) is 11.1 Å². The van der Waals surface area contributed by atoms with Gasteiger partial charge < -0.3 is 13.6 Å². The molecule has 4 rings (SSSR count). The van der Waals surface area contributed by atoms with Crippen molar-refractivity contribution in [3.63, 3.8) is 0 Å². The fraction of sp³-hybridized carbons (Fsp3) is 0.182. The lowest BCUT2D eigenvalue weighted by atomic mass is 10.0. The third-order valence-corrected chi connectivity index (χ3v) is 4.45. The number of hydrogen-bond donors (Lipinski definition) is 0. The summed E-state index contributed by atoms with van der Waals surface area (Å²) < 4.78 is 12.0. The van der Waals surface area contributed by atoms with Crippen LogP contribution in [-0.4, -0.2) is 10.8 Å². The molecule has 0 unspecified atom stereocenters. The number of furan rings is 2. The molecule has 0 atom stereocenters. The van der Waals surface area contributed by atoms with Gasteiger partial charge in [0.1, 0.15) is 28.6 Å². The van der Waals surface area contributed by atoms with Crippen molar-refractivity contribution >= 4 is 16.8 Å². The predicted octanol–water partition coefficient (Wildman–Crippen LogP) is 5.58. The number of nitrogens with zero attached hydrogens (tertiary/aromatic N) is 1. The molecule has 130 valence electrons. The fourth-order valence-corrected chi connectivity index (χ4v) is 3.16. The molecule has 1 aromatic carbocycles. The zero-order valence-corrected chi connectivity index (χ0v) is 14.8. The maximum atomic E-state index is 11.5. The van der Waals surface area contributed by atoms with E-state index in [0.29, 0.717) is 12.8 Å². The summed E-state index contributed by atoms with van der Waals surface area (Å²) >= 11 is 0. The molecule has 3 aromatic heterocycles. The molecule has 0 bridgehead atoms. The highest BCUT2D eigenvalue weighted by Crippen LogP contribution is 2.38. The van der Waals surface area contributed by atoms with Crippen LogP contribution in [0.4, 0.5) is 0 Å². The number of Topliss-reactive ketones (excluding diaryl/α,β-unsaturated/α-hetero) is 1. The summed E-state index contributed by atoms with van der Waals surface area (Å²) in [4.78, 5) is 15.6. The van der Waals surface area contributed by atoms with Crippen molar-refractivity contribution in [2.24, 2.45) is 0 Å². The molecule has 0 radical (unpaired) electrons. The van der Waals surface area contributed by atoms with Crippen LogP contribution in [0.25, 0.3) is 33.4 Å². The van der Waals surface area contributed by atoms with E-state index in [9.17, 15) is 4.79 Å². The Morgan fingerprint density at radius 2 is 1.96 bits per heavy atom. The zero-order valence-electron chi connectivity index (χ0n) is 14.8. The van der Waals surface area contributed by atoms with Gasteiger partial charge in [0.25, 0.3) is 0 Å². The second-order valence-electron chi connectivity index (χ2n) is 6.47. The number of rotatable bonds is 5. The van der Waals surface area contributed by atoms with Gasteiger partial charge in [0, 0.05) is 36.2 Å². The minimum absolute atomic E-state index is 0.142. The van der Waals surface area contributed by atoms with E-state index < -0.39 is 0 Å². The highest BCUT2D eigenvalue weighted by atomic mass is 16.4. The minimum Gasteiger partial charge on any atom is -0.461 e. The molecule has 0 fully saturated rings. The van der Waals surface area contributed by atoms with Gasteiger partial charge in [0.2, 0.25) is 0 Å². The van der Waals surface area contributed by atoms with Crippen molar-refractivity contribution in [3.05, 3.63) is 66.4 Å². The van der Waals surface area contributed by atoms with Gasteiger partial charge in [0.05, 0.1) is 5.56 Å². The van der Waals surface area contributed by atoms with Crippen molar-refractivity contribution in [1.29, 1.82) is 0 Å². The normalized spacial score (nSPS) is 11.2. The van der Waals surface area contributed by atoms with Crippen molar-refractivity contribution in [1.82, 2.24) is 4.98 Å². The molecule has 0 aliphatic heterocycles. The van der Waals surface area contributed by atoms with E-state index in [4.69, 9.17) is 8.83 Å². The minimum atomic E-state index is 0.142. The van der Waals surface area contributed by atoms with Gasteiger partial charge in [-0.15, -0.1) is 0 Å². The Kier molecular flexibility index (Phi) is 4.17. The smallest absolute Gasteiger partial charge is 0.138 e. The SMILES string of the molecule is CC(=O)CCc1oc2cc(-c3cccnc3)ccc2c1-c1ccc(C)o1. The summed E-state index contributed by atoms with van der Waals surface area (Å²) in [6, 6.07) is 13.9. The first-order valence-electron chi connectivity index (χ1n) is 8.64. The Morgan fingerprint density at radius 3 is 2.65 bits per heavy atom. The Hall–Kier alpha value is -3.14. The molecule has 0 amide bonds. The van der Waals surface area contributed by atoms with Gasteiger partial charge in [-0.2, -0.15) is 0 Å². The van der Waals surface area contributed by atoms with Crippen LogP contribution in [-0.2, 0) is 11.2 Å². The number of benzene rings is 1. The van der Waals surface area contributed by atoms with Crippen LogP contribution in [0, 0.1) is 6.92 Å². The van der Waals surface area contributed by atoms with Crippen molar-refractivity contribution in [3.8, 4) is 22.5 Å². The van der Waals surface area contributed by atoms with Gasteiger partial charge in [-0.3, -0.25) is 4.98 Å². The first-order chi connectivity index (χ1) is 12.6. The molecule has 4 heteroatoms. The highest BCUT2D eigenvalue weighted by Gasteiger charge is 2.19. The Bertz CT molecular complexity index is 1070. The highest BCUT2D eigenvalue weighted by molar-refractivity contribution is 5.96. The predicted molar refractivity (Wildman–Crippen MR) is 101 cm³/mol. The summed E-state index contributed by atoms with van der Waals surface area (Å²) in [5.41, 5.74) is 3.80. The number of aromatic nitrogens is 1. The molecule has 0 saturated carbocycles. The van der Waals surface area contributed by atoms with Gasteiger partial charge in [-0.05, 0) is 49.7 Å². The molecule has 0 aliphatic rings. The monoisotopic (exact) mass is 345 g/mol. The quantitative estimate of drug-likeness (QED) is 0.473. The Morgan fingerprint density at radius 1 is 1.08 bits per heavy atom. The van der Waals surface area contributed by atoms with Crippen molar-refractivity contribution in [2.45, 2.75) is 26.7 Å². The lowest BCUT2D eigenvalue weighted by molar-refractivity contribution is -0.117. The van der Waals surface area contributed by atoms with Crippen LogP contribution < -0.4 is 0 Å². The molecule has 4 nitrogen and oxygen atoms in total. The van der Waals surface area contributed by atoms with E-state index in [1.807, 2.05) is 49.5 Å². The maximum Gasteiger partial charge on any atom is 0.138 e. The van der Waals surface area contributed by atoms with Gasteiger partial charge >= 0.3 is 0 Å². The summed E-state index contributed by atoms with van der Waals surface area (Å²) in [5.74, 6) is 2.55. The van der Waals surface area contributed by atoms with Crippen LogP contribution in [0.5, 0.6) is 0 Å². The summed E-state index contributed by atoms with van der Waals surface area (Å²) in [5, 5.41) is 0.991.